The SMILES string of the molecule is O=C(Cc1cnccn1)NCC1CC(c2c(-c3ccc(F)cc3)[nH]c3c(F)cc(F)cc23)C1. The van der Waals surface area contributed by atoms with Crippen LogP contribution >= 0.6 is 0 Å². The van der Waals surface area contributed by atoms with Gasteiger partial charge in [0.1, 0.15) is 17.5 Å². The number of nitrogens with zero attached hydrogens (tertiary/aromatic N) is 2. The average molecular weight is 450 g/mol. The number of nitrogens with one attached hydrogen (secondary N) is 2. The van der Waals surface area contributed by atoms with Crippen molar-refractivity contribution in [1.82, 2.24) is 20.3 Å². The summed E-state index contributed by atoms with van der Waals surface area (Å²) in [7, 11) is 0. The first-order valence-electron chi connectivity index (χ1n) is 10.8. The minimum absolute atomic E-state index is 0.0712. The molecule has 8 heteroatoms. The van der Waals surface area contributed by atoms with Gasteiger partial charge in [0.2, 0.25) is 5.91 Å². The number of aromatic nitrogens is 3. The van der Waals surface area contributed by atoms with E-state index in [4.69, 9.17) is 0 Å². The number of aromatic amines is 1. The summed E-state index contributed by atoms with van der Waals surface area (Å²) in [4.78, 5) is 23.3. The van der Waals surface area contributed by atoms with Gasteiger partial charge < -0.3 is 10.3 Å². The Bertz CT molecular complexity index is 1300. The van der Waals surface area contributed by atoms with Gasteiger partial charge in [-0.05, 0) is 66.1 Å². The minimum atomic E-state index is -0.660. The summed E-state index contributed by atoms with van der Waals surface area (Å²) in [5.41, 5.74) is 3.06. The molecule has 4 aromatic rings. The largest absolute Gasteiger partial charge is 0.355 e. The van der Waals surface area contributed by atoms with Gasteiger partial charge >= 0.3 is 0 Å². The molecule has 1 amide bonds. The second kappa shape index (κ2) is 8.69. The summed E-state index contributed by atoms with van der Waals surface area (Å²) in [5, 5.41) is 3.43. The quantitative estimate of drug-likeness (QED) is 0.439. The van der Waals surface area contributed by atoms with Gasteiger partial charge in [-0.2, -0.15) is 0 Å². The first-order chi connectivity index (χ1) is 16.0. The number of rotatable bonds is 6. The molecule has 5 nitrogen and oxygen atoms in total. The fourth-order valence-electron chi connectivity index (χ4n) is 4.55. The van der Waals surface area contributed by atoms with E-state index in [-0.39, 0.29) is 35.5 Å². The molecule has 0 atom stereocenters. The first-order valence-corrected chi connectivity index (χ1v) is 10.8. The highest BCUT2D eigenvalue weighted by molar-refractivity contribution is 5.92. The molecule has 0 spiro atoms. The van der Waals surface area contributed by atoms with Gasteiger partial charge in [0.15, 0.2) is 0 Å². The molecule has 0 unspecified atom stereocenters. The van der Waals surface area contributed by atoms with E-state index in [2.05, 4.69) is 20.3 Å². The zero-order valence-corrected chi connectivity index (χ0v) is 17.6. The highest BCUT2D eigenvalue weighted by Gasteiger charge is 2.34. The zero-order valence-electron chi connectivity index (χ0n) is 17.6. The zero-order chi connectivity index (χ0) is 22.9. The molecule has 0 aliphatic heterocycles. The smallest absolute Gasteiger partial charge is 0.226 e. The molecule has 1 saturated carbocycles. The van der Waals surface area contributed by atoms with Gasteiger partial charge in [-0.15, -0.1) is 0 Å². The average Bonchev–Trinajstić information content (AvgIpc) is 3.13. The van der Waals surface area contributed by atoms with E-state index in [1.165, 1.54) is 18.2 Å². The number of fused-ring (bicyclic) bond motifs is 1. The van der Waals surface area contributed by atoms with Gasteiger partial charge in [-0.25, -0.2) is 13.2 Å². The molecule has 1 aliphatic rings. The number of hydrogen-bond acceptors (Lipinski definition) is 3. The van der Waals surface area contributed by atoms with Crippen molar-refractivity contribution in [2.45, 2.75) is 25.2 Å². The fourth-order valence-corrected chi connectivity index (χ4v) is 4.55. The molecule has 1 fully saturated rings. The molecule has 2 heterocycles. The summed E-state index contributed by atoms with van der Waals surface area (Å²) in [6.07, 6.45) is 6.36. The molecule has 2 aromatic heterocycles. The Hall–Kier alpha value is -3.68. The van der Waals surface area contributed by atoms with E-state index in [0.717, 1.165) is 24.5 Å². The Morgan fingerprint density at radius 2 is 1.85 bits per heavy atom. The fraction of sp³-hybridized carbons (Fsp3) is 0.240. The van der Waals surface area contributed by atoms with Crippen molar-refractivity contribution >= 4 is 16.8 Å². The van der Waals surface area contributed by atoms with E-state index in [0.29, 0.717) is 28.9 Å². The highest BCUT2D eigenvalue weighted by atomic mass is 19.1. The molecule has 33 heavy (non-hydrogen) atoms. The van der Waals surface area contributed by atoms with Crippen LogP contribution < -0.4 is 5.32 Å². The third-order valence-corrected chi connectivity index (χ3v) is 6.19. The van der Waals surface area contributed by atoms with Crippen LogP contribution in [0.3, 0.4) is 0 Å². The minimum Gasteiger partial charge on any atom is -0.355 e. The van der Waals surface area contributed by atoms with E-state index < -0.39 is 11.6 Å². The Kier molecular flexibility index (Phi) is 5.58. The third-order valence-electron chi connectivity index (χ3n) is 6.19. The number of carbonyl (C=O) groups is 1. The second-order valence-corrected chi connectivity index (χ2v) is 8.44. The van der Waals surface area contributed by atoms with Crippen molar-refractivity contribution < 1.29 is 18.0 Å². The Morgan fingerprint density at radius 1 is 1.06 bits per heavy atom. The maximum Gasteiger partial charge on any atom is 0.226 e. The topological polar surface area (TPSA) is 70.7 Å². The lowest BCUT2D eigenvalue weighted by molar-refractivity contribution is -0.120. The Labute approximate surface area is 188 Å². The first kappa shape index (κ1) is 21.2. The molecule has 5 rings (SSSR count). The maximum absolute atomic E-state index is 14.5. The number of hydrogen-bond donors (Lipinski definition) is 2. The molecule has 0 radical (unpaired) electrons. The van der Waals surface area contributed by atoms with Crippen molar-refractivity contribution in [3.63, 3.8) is 0 Å². The molecular weight excluding hydrogens is 429 g/mol. The molecule has 0 bridgehead atoms. The van der Waals surface area contributed by atoms with Crippen molar-refractivity contribution in [1.29, 1.82) is 0 Å². The normalized spacial score (nSPS) is 17.7. The molecule has 0 saturated heterocycles. The van der Waals surface area contributed by atoms with Crippen LogP contribution in [0.15, 0.2) is 55.0 Å². The number of amides is 1. The van der Waals surface area contributed by atoms with Crippen molar-refractivity contribution in [2.75, 3.05) is 6.54 Å². The summed E-state index contributed by atoms with van der Waals surface area (Å²) in [5.74, 6) is -1.46. The second-order valence-electron chi connectivity index (χ2n) is 8.44. The van der Waals surface area contributed by atoms with Crippen LogP contribution in [-0.2, 0) is 11.2 Å². The molecule has 2 N–H and O–H groups in total. The van der Waals surface area contributed by atoms with E-state index in [1.807, 2.05) is 0 Å². The monoisotopic (exact) mass is 450 g/mol. The van der Waals surface area contributed by atoms with Gasteiger partial charge in [0, 0.05) is 36.6 Å². The number of carbonyl (C=O) groups excluding carboxylic acids is 1. The molecule has 168 valence electrons. The lowest BCUT2D eigenvalue weighted by Gasteiger charge is -2.36. The van der Waals surface area contributed by atoms with E-state index in [1.54, 1.807) is 30.7 Å². The van der Waals surface area contributed by atoms with Crippen LogP contribution in [0.5, 0.6) is 0 Å². The van der Waals surface area contributed by atoms with Crippen molar-refractivity contribution in [3.05, 3.63) is 83.7 Å². The predicted octanol–water partition coefficient (Wildman–Crippen LogP) is 4.89. The standard InChI is InChI=1S/C25H21F3N4O/c26-17-3-1-15(2-4-17)24-23(20-9-18(27)10-21(28)25(20)32-24)16-7-14(8-16)12-31-22(33)11-19-13-29-5-6-30-19/h1-6,9-10,13-14,16,32H,7-8,11-12H2,(H,31,33). The lowest BCUT2D eigenvalue weighted by atomic mass is 9.70. The maximum atomic E-state index is 14.5. The van der Waals surface area contributed by atoms with Crippen LogP contribution in [0.25, 0.3) is 22.2 Å². The summed E-state index contributed by atoms with van der Waals surface area (Å²) < 4.78 is 42.0. The predicted molar refractivity (Wildman–Crippen MR) is 118 cm³/mol. The molecule has 1 aliphatic carbocycles. The van der Waals surface area contributed by atoms with Gasteiger partial charge in [0.05, 0.1) is 23.3 Å². The summed E-state index contributed by atoms with van der Waals surface area (Å²) in [6.45, 7) is 0.520. The lowest BCUT2D eigenvalue weighted by Crippen LogP contribution is -2.36. The van der Waals surface area contributed by atoms with Crippen molar-refractivity contribution in [2.24, 2.45) is 5.92 Å². The number of halogens is 3. The van der Waals surface area contributed by atoms with Gasteiger partial charge in [-0.1, -0.05) is 0 Å². The summed E-state index contributed by atoms with van der Waals surface area (Å²) in [6, 6.07) is 8.14. The molecule has 2 aromatic carbocycles. The van der Waals surface area contributed by atoms with Crippen LogP contribution in [0.2, 0.25) is 0 Å². The Balaban J connectivity index is 1.33. The van der Waals surface area contributed by atoms with Crippen LogP contribution in [0.4, 0.5) is 13.2 Å². The van der Waals surface area contributed by atoms with E-state index in [9.17, 15) is 18.0 Å². The van der Waals surface area contributed by atoms with Crippen LogP contribution in [-0.4, -0.2) is 27.4 Å². The number of benzene rings is 2. The van der Waals surface area contributed by atoms with Gasteiger partial charge in [-0.3, -0.25) is 14.8 Å². The summed E-state index contributed by atoms with van der Waals surface area (Å²) >= 11 is 0. The number of H-pyrrole nitrogens is 1. The van der Waals surface area contributed by atoms with Gasteiger partial charge in [0.25, 0.3) is 0 Å². The van der Waals surface area contributed by atoms with Crippen molar-refractivity contribution in [3.8, 4) is 11.3 Å². The van der Waals surface area contributed by atoms with Crippen LogP contribution in [0.1, 0.15) is 30.0 Å². The Morgan fingerprint density at radius 3 is 2.58 bits per heavy atom. The molecular formula is C25H21F3N4O. The third kappa shape index (κ3) is 4.33. The van der Waals surface area contributed by atoms with Crippen LogP contribution in [0, 0.1) is 23.4 Å². The highest BCUT2D eigenvalue weighted by Crippen LogP contribution is 2.48. The van der Waals surface area contributed by atoms with E-state index >= 15 is 0 Å².